The lowest BCUT2D eigenvalue weighted by Crippen LogP contribution is -2.43. The standard InChI is InChI=1S/C16H19F3N2O3/c1-2-24-20-14(22)11-7-9-21(10-8-11)15(23)12-3-5-13(6-4-12)16(17,18)19/h3-6,11H,2,7-10H2,1H3,(H,20,22). The second-order valence-electron chi connectivity index (χ2n) is 5.54. The number of alkyl halides is 3. The SMILES string of the molecule is CCONC(=O)C1CCN(C(=O)c2ccc(C(F)(F)F)cc2)CC1. The summed E-state index contributed by atoms with van der Waals surface area (Å²) >= 11 is 0. The molecule has 1 aliphatic heterocycles. The van der Waals surface area contributed by atoms with Gasteiger partial charge in [0.25, 0.3) is 5.91 Å². The average Bonchev–Trinajstić information content (AvgIpc) is 2.58. The highest BCUT2D eigenvalue weighted by molar-refractivity contribution is 5.94. The van der Waals surface area contributed by atoms with Crippen molar-refractivity contribution >= 4 is 11.8 Å². The van der Waals surface area contributed by atoms with Crippen molar-refractivity contribution in [2.75, 3.05) is 19.7 Å². The lowest BCUT2D eigenvalue weighted by molar-refractivity contribution is -0.139. The minimum atomic E-state index is -4.42. The van der Waals surface area contributed by atoms with Crippen molar-refractivity contribution in [3.05, 3.63) is 35.4 Å². The summed E-state index contributed by atoms with van der Waals surface area (Å²) in [6.45, 7) is 2.89. The number of carbonyl (C=O) groups excluding carboxylic acids is 2. The van der Waals surface area contributed by atoms with Crippen LogP contribution in [0.15, 0.2) is 24.3 Å². The summed E-state index contributed by atoms with van der Waals surface area (Å²) in [5, 5.41) is 0. The fourth-order valence-corrected chi connectivity index (χ4v) is 2.56. The monoisotopic (exact) mass is 344 g/mol. The molecule has 0 aromatic heterocycles. The molecule has 1 fully saturated rings. The van der Waals surface area contributed by atoms with Gasteiger partial charge in [0.15, 0.2) is 0 Å². The minimum absolute atomic E-state index is 0.209. The van der Waals surface area contributed by atoms with Gasteiger partial charge in [0.05, 0.1) is 12.2 Å². The van der Waals surface area contributed by atoms with Gasteiger partial charge in [-0.3, -0.25) is 14.4 Å². The van der Waals surface area contributed by atoms with Crippen molar-refractivity contribution in [3.8, 4) is 0 Å². The summed E-state index contributed by atoms with van der Waals surface area (Å²) in [5.74, 6) is -0.765. The van der Waals surface area contributed by atoms with Gasteiger partial charge >= 0.3 is 6.18 Å². The van der Waals surface area contributed by atoms with E-state index in [1.807, 2.05) is 0 Å². The van der Waals surface area contributed by atoms with Gasteiger partial charge in [-0.2, -0.15) is 13.2 Å². The second kappa shape index (κ2) is 7.65. The molecule has 1 saturated heterocycles. The number of rotatable bonds is 4. The predicted molar refractivity (Wildman–Crippen MR) is 79.8 cm³/mol. The number of nitrogens with one attached hydrogen (secondary N) is 1. The Hall–Kier alpha value is -2.09. The van der Waals surface area contributed by atoms with Crippen molar-refractivity contribution in [3.63, 3.8) is 0 Å². The van der Waals surface area contributed by atoms with Gasteiger partial charge < -0.3 is 4.90 Å². The van der Waals surface area contributed by atoms with Crippen molar-refractivity contribution in [1.29, 1.82) is 0 Å². The molecule has 2 amide bonds. The maximum Gasteiger partial charge on any atom is 0.416 e. The zero-order valence-electron chi connectivity index (χ0n) is 13.2. The highest BCUT2D eigenvalue weighted by Crippen LogP contribution is 2.29. The molecular formula is C16H19F3N2O3. The summed E-state index contributed by atoms with van der Waals surface area (Å²) in [7, 11) is 0. The normalized spacial score (nSPS) is 16.1. The topological polar surface area (TPSA) is 58.6 Å². The Labute approximate surface area is 137 Å². The molecule has 0 radical (unpaired) electrons. The van der Waals surface area contributed by atoms with Crippen molar-refractivity contribution < 1.29 is 27.6 Å². The summed E-state index contributed by atoms with van der Waals surface area (Å²) in [4.78, 5) is 30.5. The van der Waals surface area contributed by atoms with Crippen LogP contribution in [-0.2, 0) is 15.8 Å². The van der Waals surface area contributed by atoms with Crippen LogP contribution in [0.3, 0.4) is 0 Å². The molecule has 8 heteroatoms. The number of hydroxylamine groups is 1. The molecule has 0 bridgehead atoms. The Morgan fingerprint density at radius 2 is 1.79 bits per heavy atom. The van der Waals surface area contributed by atoms with Crippen molar-refractivity contribution in [2.45, 2.75) is 25.9 Å². The quantitative estimate of drug-likeness (QED) is 0.855. The number of amides is 2. The first-order chi connectivity index (χ1) is 11.3. The maximum absolute atomic E-state index is 12.5. The Morgan fingerprint density at radius 1 is 1.21 bits per heavy atom. The number of halogens is 3. The molecule has 2 rings (SSSR count). The van der Waals surface area contributed by atoms with Crippen LogP contribution in [0.25, 0.3) is 0 Å². The van der Waals surface area contributed by atoms with Crippen LogP contribution in [0.5, 0.6) is 0 Å². The van der Waals surface area contributed by atoms with Crippen LogP contribution in [0.4, 0.5) is 13.2 Å². The number of benzene rings is 1. The Kier molecular flexibility index (Phi) is 5.82. The van der Waals surface area contributed by atoms with Gasteiger partial charge in [0.2, 0.25) is 5.91 Å². The van der Waals surface area contributed by atoms with Crippen LogP contribution in [0.1, 0.15) is 35.7 Å². The Bertz CT molecular complexity index is 579. The molecule has 24 heavy (non-hydrogen) atoms. The van der Waals surface area contributed by atoms with E-state index in [4.69, 9.17) is 4.84 Å². The maximum atomic E-state index is 12.5. The summed E-state index contributed by atoms with van der Waals surface area (Å²) in [5.41, 5.74) is 1.77. The lowest BCUT2D eigenvalue weighted by atomic mass is 9.95. The van der Waals surface area contributed by atoms with Crippen LogP contribution in [-0.4, -0.2) is 36.4 Å². The highest BCUT2D eigenvalue weighted by atomic mass is 19.4. The molecule has 0 aliphatic carbocycles. The fourth-order valence-electron chi connectivity index (χ4n) is 2.56. The molecule has 0 saturated carbocycles. The predicted octanol–water partition coefficient (Wildman–Crippen LogP) is 2.63. The number of hydrogen-bond acceptors (Lipinski definition) is 3. The van der Waals surface area contributed by atoms with E-state index >= 15 is 0 Å². The molecule has 132 valence electrons. The number of nitrogens with zero attached hydrogens (tertiary/aromatic N) is 1. The van der Waals surface area contributed by atoms with Gasteiger partial charge in [0, 0.05) is 24.6 Å². The molecule has 5 nitrogen and oxygen atoms in total. The first kappa shape index (κ1) is 18.3. The third-order valence-corrected chi connectivity index (χ3v) is 3.93. The summed E-state index contributed by atoms with van der Waals surface area (Å²) in [6, 6.07) is 4.16. The van der Waals surface area contributed by atoms with E-state index in [0.29, 0.717) is 32.5 Å². The van der Waals surface area contributed by atoms with Crippen LogP contribution in [0, 0.1) is 5.92 Å². The summed E-state index contributed by atoms with van der Waals surface area (Å²) < 4.78 is 37.6. The molecule has 0 atom stereocenters. The third-order valence-electron chi connectivity index (χ3n) is 3.93. The van der Waals surface area contributed by atoms with E-state index in [0.717, 1.165) is 12.1 Å². The first-order valence-corrected chi connectivity index (χ1v) is 7.71. The van der Waals surface area contributed by atoms with E-state index in [2.05, 4.69) is 5.48 Å². The van der Waals surface area contributed by atoms with Crippen molar-refractivity contribution in [2.24, 2.45) is 5.92 Å². The number of carbonyl (C=O) groups is 2. The second-order valence-corrected chi connectivity index (χ2v) is 5.54. The molecule has 1 N–H and O–H groups in total. The third kappa shape index (κ3) is 4.47. The molecular weight excluding hydrogens is 325 g/mol. The Morgan fingerprint density at radius 3 is 2.29 bits per heavy atom. The highest BCUT2D eigenvalue weighted by Gasteiger charge is 2.31. The van der Waals surface area contributed by atoms with E-state index in [1.165, 1.54) is 12.1 Å². The molecule has 1 heterocycles. The van der Waals surface area contributed by atoms with E-state index in [9.17, 15) is 22.8 Å². The zero-order valence-corrected chi connectivity index (χ0v) is 13.2. The van der Waals surface area contributed by atoms with Gasteiger partial charge in [-0.25, -0.2) is 5.48 Å². The molecule has 1 aromatic rings. The molecule has 0 unspecified atom stereocenters. The first-order valence-electron chi connectivity index (χ1n) is 7.71. The number of hydrogen-bond donors (Lipinski definition) is 1. The summed E-state index contributed by atoms with van der Waals surface area (Å²) in [6.07, 6.45) is -3.44. The van der Waals surface area contributed by atoms with Gasteiger partial charge in [-0.1, -0.05) is 0 Å². The smallest absolute Gasteiger partial charge is 0.339 e. The molecule has 1 aromatic carbocycles. The lowest BCUT2D eigenvalue weighted by Gasteiger charge is -2.31. The van der Waals surface area contributed by atoms with Crippen molar-refractivity contribution in [1.82, 2.24) is 10.4 Å². The Balaban J connectivity index is 1.92. The largest absolute Gasteiger partial charge is 0.416 e. The van der Waals surface area contributed by atoms with Crippen LogP contribution >= 0.6 is 0 Å². The molecule has 0 spiro atoms. The van der Waals surface area contributed by atoms with Gasteiger partial charge in [-0.05, 0) is 44.0 Å². The van der Waals surface area contributed by atoms with Gasteiger partial charge in [0.1, 0.15) is 0 Å². The van der Waals surface area contributed by atoms with Gasteiger partial charge in [-0.15, -0.1) is 0 Å². The average molecular weight is 344 g/mol. The fraction of sp³-hybridized carbons (Fsp3) is 0.500. The zero-order chi connectivity index (χ0) is 17.7. The number of likely N-dealkylation sites (tertiary alicyclic amines) is 1. The van der Waals surface area contributed by atoms with Crippen LogP contribution < -0.4 is 5.48 Å². The van der Waals surface area contributed by atoms with E-state index in [1.54, 1.807) is 11.8 Å². The minimum Gasteiger partial charge on any atom is -0.339 e. The van der Waals surface area contributed by atoms with E-state index < -0.39 is 11.7 Å². The number of piperidine rings is 1. The van der Waals surface area contributed by atoms with Crippen LogP contribution in [0.2, 0.25) is 0 Å². The van der Waals surface area contributed by atoms with E-state index in [-0.39, 0.29) is 23.3 Å². The molecule has 1 aliphatic rings.